The van der Waals surface area contributed by atoms with Gasteiger partial charge in [0, 0.05) is 5.33 Å². The average Bonchev–Trinajstić information content (AvgIpc) is 2.83. The van der Waals surface area contributed by atoms with E-state index < -0.39 is 0 Å². The first kappa shape index (κ1) is 15.8. The minimum absolute atomic E-state index is 0.498. The summed E-state index contributed by atoms with van der Waals surface area (Å²) >= 11 is 3.81. The normalized spacial score (nSPS) is 39.6. The third kappa shape index (κ3) is 4.46. The molecule has 112 valence electrons. The van der Waals surface area contributed by atoms with Gasteiger partial charge in [-0.25, -0.2) is 0 Å². The Hall–Kier alpha value is 0.440. The molecule has 2 unspecified atom stereocenters. The number of halogens is 1. The van der Waals surface area contributed by atoms with Crippen LogP contribution in [0.3, 0.4) is 0 Å². The Bertz CT molecular complexity index is 258. The van der Waals surface area contributed by atoms with Crippen LogP contribution in [-0.2, 0) is 4.74 Å². The Balaban J connectivity index is 1.80. The van der Waals surface area contributed by atoms with Gasteiger partial charge in [-0.05, 0) is 63.2 Å². The molecule has 2 aliphatic rings. The Labute approximate surface area is 128 Å². The van der Waals surface area contributed by atoms with Gasteiger partial charge in [-0.2, -0.15) is 0 Å². The van der Waals surface area contributed by atoms with Crippen LogP contribution in [-0.4, -0.2) is 17.5 Å². The molecule has 0 radical (unpaired) electrons. The largest absolute Gasteiger partial charge is 0.375 e. The van der Waals surface area contributed by atoms with Gasteiger partial charge in [-0.3, -0.25) is 0 Å². The zero-order valence-electron chi connectivity index (χ0n) is 12.8. The number of alkyl halides is 1. The maximum Gasteiger partial charge on any atom is 0.0585 e. The first-order valence-electron chi connectivity index (χ1n) is 8.39. The first-order chi connectivity index (χ1) is 9.17. The fraction of sp³-hybridized carbons (Fsp3) is 1.00. The third-order valence-electron chi connectivity index (χ3n) is 5.40. The minimum Gasteiger partial charge on any atom is -0.375 e. The molecule has 2 fully saturated rings. The van der Waals surface area contributed by atoms with Crippen molar-refractivity contribution in [2.45, 2.75) is 90.3 Å². The fourth-order valence-electron chi connectivity index (χ4n) is 3.98. The lowest BCUT2D eigenvalue weighted by molar-refractivity contribution is 0.0130. The van der Waals surface area contributed by atoms with Gasteiger partial charge in [0.25, 0.3) is 0 Å². The van der Waals surface area contributed by atoms with Gasteiger partial charge < -0.3 is 4.74 Å². The standard InChI is InChI=1S/C17H31BrO/c1-3-4-5-15-8-10-17(13-18,11-9-15)12-16-7-6-14(2)19-16/h14-16H,3-13H2,1-2H3. The van der Waals surface area contributed by atoms with Crippen LogP contribution in [0.5, 0.6) is 0 Å². The summed E-state index contributed by atoms with van der Waals surface area (Å²) in [6, 6.07) is 0. The van der Waals surface area contributed by atoms with Crippen LogP contribution in [0, 0.1) is 11.3 Å². The van der Waals surface area contributed by atoms with Gasteiger partial charge in [0.15, 0.2) is 0 Å². The molecule has 0 bridgehead atoms. The SMILES string of the molecule is CCCCC1CCC(CBr)(CC2CCC(C)O2)CC1. The van der Waals surface area contributed by atoms with Crippen molar-refractivity contribution in [3.05, 3.63) is 0 Å². The van der Waals surface area contributed by atoms with E-state index >= 15 is 0 Å². The van der Waals surface area contributed by atoms with E-state index in [-0.39, 0.29) is 0 Å². The zero-order valence-corrected chi connectivity index (χ0v) is 14.4. The summed E-state index contributed by atoms with van der Waals surface area (Å²) in [5, 5.41) is 1.18. The van der Waals surface area contributed by atoms with E-state index in [2.05, 4.69) is 29.8 Å². The molecule has 0 amide bonds. The molecule has 19 heavy (non-hydrogen) atoms. The van der Waals surface area contributed by atoms with Crippen molar-refractivity contribution in [3.8, 4) is 0 Å². The first-order valence-corrected chi connectivity index (χ1v) is 9.51. The van der Waals surface area contributed by atoms with Crippen LogP contribution < -0.4 is 0 Å². The topological polar surface area (TPSA) is 9.23 Å². The highest BCUT2D eigenvalue weighted by Crippen LogP contribution is 2.46. The van der Waals surface area contributed by atoms with E-state index in [0.29, 0.717) is 17.6 Å². The maximum atomic E-state index is 6.06. The second-order valence-corrected chi connectivity index (χ2v) is 7.63. The Morgan fingerprint density at radius 1 is 1.16 bits per heavy atom. The van der Waals surface area contributed by atoms with Gasteiger partial charge in [0.05, 0.1) is 12.2 Å². The lowest BCUT2D eigenvalue weighted by Gasteiger charge is -2.40. The molecule has 1 saturated heterocycles. The summed E-state index contributed by atoms with van der Waals surface area (Å²) in [4.78, 5) is 0. The van der Waals surface area contributed by atoms with Crippen molar-refractivity contribution in [2.75, 3.05) is 5.33 Å². The van der Waals surface area contributed by atoms with E-state index in [1.54, 1.807) is 0 Å². The quantitative estimate of drug-likeness (QED) is 0.567. The van der Waals surface area contributed by atoms with Crippen LogP contribution in [0.15, 0.2) is 0 Å². The number of hydrogen-bond acceptors (Lipinski definition) is 1. The number of ether oxygens (including phenoxy) is 1. The summed E-state index contributed by atoms with van der Waals surface area (Å²) in [5.41, 5.74) is 0.539. The van der Waals surface area contributed by atoms with Crippen molar-refractivity contribution in [3.63, 3.8) is 0 Å². The van der Waals surface area contributed by atoms with E-state index in [4.69, 9.17) is 4.74 Å². The number of unbranched alkanes of at least 4 members (excludes halogenated alkanes) is 1. The lowest BCUT2D eigenvalue weighted by atomic mass is 9.68. The van der Waals surface area contributed by atoms with Crippen LogP contribution in [0.2, 0.25) is 0 Å². The number of rotatable bonds is 6. The second kappa shape index (κ2) is 7.45. The van der Waals surface area contributed by atoms with Gasteiger partial charge in [0.1, 0.15) is 0 Å². The van der Waals surface area contributed by atoms with Crippen LogP contribution in [0.25, 0.3) is 0 Å². The highest BCUT2D eigenvalue weighted by Gasteiger charge is 2.38. The molecule has 2 atom stereocenters. The molecule has 1 aliphatic heterocycles. The molecule has 1 aliphatic carbocycles. The molecule has 1 nitrogen and oxygen atoms in total. The fourth-order valence-corrected chi connectivity index (χ4v) is 4.77. The molecule has 0 aromatic rings. The predicted molar refractivity (Wildman–Crippen MR) is 85.9 cm³/mol. The van der Waals surface area contributed by atoms with Crippen molar-refractivity contribution in [1.82, 2.24) is 0 Å². The predicted octanol–water partition coefficient (Wildman–Crippen LogP) is 5.71. The van der Waals surface area contributed by atoms with Gasteiger partial charge in [-0.1, -0.05) is 42.1 Å². The average molecular weight is 331 g/mol. The van der Waals surface area contributed by atoms with E-state index in [1.807, 2.05) is 0 Å². The Kier molecular flexibility index (Phi) is 6.20. The summed E-state index contributed by atoms with van der Waals surface area (Å²) in [7, 11) is 0. The summed E-state index contributed by atoms with van der Waals surface area (Å²) in [5.74, 6) is 1.01. The smallest absolute Gasteiger partial charge is 0.0585 e. The van der Waals surface area contributed by atoms with Crippen LogP contribution in [0.1, 0.15) is 78.1 Å². The zero-order chi connectivity index (χ0) is 13.7. The molecular formula is C17H31BrO. The summed E-state index contributed by atoms with van der Waals surface area (Å²) < 4.78 is 6.06. The van der Waals surface area contributed by atoms with E-state index in [9.17, 15) is 0 Å². The summed E-state index contributed by atoms with van der Waals surface area (Å²) in [6.45, 7) is 4.53. The monoisotopic (exact) mass is 330 g/mol. The number of hydrogen-bond donors (Lipinski definition) is 0. The highest BCUT2D eigenvalue weighted by molar-refractivity contribution is 9.09. The molecule has 1 saturated carbocycles. The van der Waals surface area contributed by atoms with E-state index in [1.165, 1.54) is 69.5 Å². The molecule has 1 heterocycles. The van der Waals surface area contributed by atoms with Gasteiger partial charge >= 0.3 is 0 Å². The molecule has 0 spiro atoms. The van der Waals surface area contributed by atoms with Crippen molar-refractivity contribution in [2.24, 2.45) is 11.3 Å². The molecular weight excluding hydrogens is 300 g/mol. The highest BCUT2D eigenvalue weighted by atomic mass is 79.9. The van der Waals surface area contributed by atoms with Crippen molar-refractivity contribution < 1.29 is 4.74 Å². The van der Waals surface area contributed by atoms with Crippen LogP contribution >= 0.6 is 15.9 Å². The second-order valence-electron chi connectivity index (χ2n) is 7.07. The van der Waals surface area contributed by atoms with Crippen LogP contribution in [0.4, 0.5) is 0 Å². The Morgan fingerprint density at radius 3 is 2.42 bits per heavy atom. The maximum absolute atomic E-state index is 6.06. The molecule has 2 rings (SSSR count). The summed E-state index contributed by atoms with van der Waals surface area (Å²) in [6.07, 6.45) is 14.9. The minimum atomic E-state index is 0.498. The Morgan fingerprint density at radius 2 is 1.89 bits per heavy atom. The van der Waals surface area contributed by atoms with Crippen molar-refractivity contribution >= 4 is 15.9 Å². The molecule has 0 aromatic carbocycles. The van der Waals surface area contributed by atoms with Gasteiger partial charge in [0.2, 0.25) is 0 Å². The molecule has 2 heteroatoms. The van der Waals surface area contributed by atoms with E-state index in [0.717, 1.165) is 5.92 Å². The van der Waals surface area contributed by atoms with Gasteiger partial charge in [-0.15, -0.1) is 0 Å². The van der Waals surface area contributed by atoms with Crippen molar-refractivity contribution in [1.29, 1.82) is 0 Å². The third-order valence-corrected chi connectivity index (χ3v) is 6.59. The molecule has 0 N–H and O–H groups in total. The molecule has 0 aromatic heterocycles. The lowest BCUT2D eigenvalue weighted by Crippen LogP contribution is -2.33.